The number of aliphatic hydroxyl groups excluding tert-OH is 1. The standard InChI is InChI=1S/C36H70N2O/c1-3-5-7-9-11-13-15-16-17-18-20-22-24-28-33(39)32-36-34(29-26-27-31-38-36)35(37)30-25-23-21-19-14-12-10-8-6-4-2/h4,33,35,38-39H,2-3,5-32,37H2,1H3/t33-,35?/m1/s1. The summed E-state index contributed by atoms with van der Waals surface area (Å²) in [6, 6.07) is 0.160. The molecule has 1 aliphatic rings. The summed E-state index contributed by atoms with van der Waals surface area (Å²) in [7, 11) is 0. The summed E-state index contributed by atoms with van der Waals surface area (Å²) in [4.78, 5) is 0. The monoisotopic (exact) mass is 547 g/mol. The normalized spacial score (nSPS) is 15.7. The summed E-state index contributed by atoms with van der Waals surface area (Å²) in [6.07, 6.45) is 37.8. The highest BCUT2D eigenvalue weighted by Crippen LogP contribution is 2.25. The van der Waals surface area contributed by atoms with Gasteiger partial charge < -0.3 is 16.2 Å². The maximum absolute atomic E-state index is 10.8. The molecule has 0 amide bonds. The van der Waals surface area contributed by atoms with Crippen molar-refractivity contribution in [3.63, 3.8) is 0 Å². The Hall–Kier alpha value is -0.800. The maximum Gasteiger partial charge on any atom is 0.0594 e. The van der Waals surface area contributed by atoms with Gasteiger partial charge >= 0.3 is 0 Å². The van der Waals surface area contributed by atoms with Crippen LogP contribution in [0, 0.1) is 0 Å². The van der Waals surface area contributed by atoms with Crippen LogP contribution in [0.15, 0.2) is 23.9 Å². The van der Waals surface area contributed by atoms with E-state index >= 15 is 0 Å². The molecule has 0 aromatic carbocycles. The molecule has 0 saturated heterocycles. The van der Waals surface area contributed by atoms with Crippen molar-refractivity contribution in [1.29, 1.82) is 0 Å². The molecule has 3 nitrogen and oxygen atoms in total. The minimum atomic E-state index is -0.230. The fourth-order valence-corrected chi connectivity index (χ4v) is 6.18. The summed E-state index contributed by atoms with van der Waals surface area (Å²) in [5.41, 5.74) is 9.43. The summed E-state index contributed by atoms with van der Waals surface area (Å²) in [5.74, 6) is 0. The number of hydrogen-bond acceptors (Lipinski definition) is 3. The summed E-state index contributed by atoms with van der Waals surface area (Å²) in [5, 5.41) is 14.5. The quantitative estimate of drug-likeness (QED) is 0.0675. The second-order valence-corrected chi connectivity index (χ2v) is 12.6. The Labute approximate surface area is 245 Å². The number of unbranched alkanes of at least 4 members (excludes halogenated alkanes) is 20. The molecule has 1 aliphatic heterocycles. The Balaban J connectivity index is 2.15. The molecule has 0 bridgehead atoms. The molecule has 1 heterocycles. The van der Waals surface area contributed by atoms with Gasteiger partial charge in [-0.05, 0) is 50.5 Å². The van der Waals surface area contributed by atoms with E-state index in [9.17, 15) is 5.11 Å². The van der Waals surface area contributed by atoms with E-state index in [4.69, 9.17) is 5.73 Å². The van der Waals surface area contributed by atoms with Gasteiger partial charge in [-0.3, -0.25) is 0 Å². The Morgan fingerprint density at radius 2 is 1.21 bits per heavy atom. The maximum atomic E-state index is 10.8. The van der Waals surface area contributed by atoms with Gasteiger partial charge in [0.2, 0.25) is 0 Å². The van der Waals surface area contributed by atoms with Gasteiger partial charge in [-0.25, -0.2) is 0 Å². The van der Waals surface area contributed by atoms with Crippen molar-refractivity contribution in [1.82, 2.24) is 5.32 Å². The third-order valence-corrected chi connectivity index (χ3v) is 8.80. The van der Waals surface area contributed by atoms with Crippen molar-refractivity contribution in [2.75, 3.05) is 6.54 Å². The van der Waals surface area contributed by atoms with Crippen LogP contribution in [-0.2, 0) is 0 Å². The molecule has 4 N–H and O–H groups in total. The second-order valence-electron chi connectivity index (χ2n) is 12.6. The van der Waals surface area contributed by atoms with Crippen molar-refractivity contribution in [3.05, 3.63) is 23.9 Å². The van der Waals surface area contributed by atoms with Crippen LogP contribution in [0.5, 0.6) is 0 Å². The summed E-state index contributed by atoms with van der Waals surface area (Å²) < 4.78 is 0. The SMILES string of the molecule is C=CCCCCCCCCCCC(N)C1=C(C[C@H](O)CCCCCCCCCCCCCCC)NCCCC1. The molecule has 0 radical (unpaired) electrons. The van der Waals surface area contributed by atoms with Gasteiger partial charge in [0.1, 0.15) is 0 Å². The van der Waals surface area contributed by atoms with Crippen LogP contribution in [0.2, 0.25) is 0 Å². The Kier molecular flexibility index (Phi) is 25.4. The number of nitrogens with one attached hydrogen (secondary N) is 1. The zero-order chi connectivity index (χ0) is 28.2. The summed E-state index contributed by atoms with van der Waals surface area (Å²) in [6.45, 7) is 7.13. The molecule has 0 aliphatic carbocycles. The van der Waals surface area contributed by atoms with E-state index in [0.29, 0.717) is 0 Å². The Morgan fingerprint density at radius 1 is 0.718 bits per heavy atom. The van der Waals surface area contributed by atoms with Crippen molar-refractivity contribution >= 4 is 0 Å². The van der Waals surface area contributed by atoms with Gasteiger partial charge in [0, 0.05) is 24.7 Å². The highest BCUT2D eigenvalue weighted by molar-refractivity contribution is 5.20. The molecular formula is C36H70N2O. The van der Waals surface area contributed by atoms with Crippen molar-refractivity contribution in [2.45, 2.75) is 199 Å². The van der Waals surface area contributed by atoms with Gasteiger partial charge in [0.25, 0.3) is 0 Å². The van der Waals surface area contributed by atoms with Gasteiger partial charge in [-0.15, -0.1) is 6.58 Å². The minimum Gasteiger partial charge on any atom is -0.393 e. The average Bonchev–Trinajstić information content (AvgIpc) is 3.17. The van der Waals surface area contributed by atoms with Crippen LogP contribution in [0.4, 0.5) is 0 Å². The molecule has 1 rings (SSSR count). The fourth-order valence-electron chi connectivity index (χ4n) is 6.18. The van der Waals surface area contributed by atoms with Gasteiger partial charge in [0.05, 0.1) is 6.10 Å². The van der Waals surface area contributed by atoms with Crippen LogP contribution >= 0.6 is 0 Å². The van der Waals surface area contributed by atoms with Crippen molar-refractivity contribution in [3.8, 4) is 0 Å². The third kappa shape index (κ3) is 21.6. The first-order valence-corrected chi connectivity index (χ1v) is 17.7. The molecule has 0 fully saturated rings. The van der Waals surface area contributed by atoms with Crippen LogP contribution in [-0.4, -0.2) is 23.8 Å². The second kappa shape index (κ2) is 27.4. The molecule has 3 heteroatoms. The van der Waals surface area contributed by atoms with Crippen LogP contribution in [0.25, 0.3) is 0 Å². The molecule has 230 valence electrons. The fraction of sp³-hybridized carbons (Fsp3) is 0.889. The Morgan fingerprint density at radius 3 is 1.74 bits per heavy atom. The number of nitrogens with two attached hydrogens (primary N) is 1. The first-order chi connectivity index (χ1) is 19.2. The lowest BCUT2D eigenvalue weighted by atomic mass is 9.93. The summed E-state index contributed by atoms with van der Waals surface area (Å²) >= 11 is 0. The van der Waals surface area contributed by atoms with Crippen LogP contribution < -0.4 is 11.1 Å². The highest BCUT2D eigenvalue weighted by Gasteiger charge is 2.19. The highest BCUT2D eigenvalue weighted by atomic mass is 16.3. The molecule has 0 saturated carbocycles. The first kappa shape index (κ1) is 36.2. The largest absolute Gasteiger partial charge is 0.393 e. The number of hydrogen-bond donors (Lipinski definition) is 3. The van der Waals surface area contributed by atoms with E-state index in [2.05, 4.69) is 18.8 Å². The predicted octanol–water partition coefficient (Wildman–Crippen LogP) is 10.7. The van der Waals surface area contributed by atoms with E-state index in [-0.39, 0.29) is 12.1 Å². The van der Waals surface area contributed by atoms with Gasteiger partial charge in [0.15, 0.2) is 0 Å². The number of aliphatic hydroxyl groups is 1. The molecule has 0 aromatic heterocycles. The zero-order valence-corrected chi connectivity index (χ0v) is 26.5. The third-order valence-electron chi connectivity index (χ3n) is 8.80. The van der Waals surface area contributed by atoms with Crippen molar-refractivity contribution in [2.24, 2.45) is 5.73 Å². The lowest BCUT2D eigenvalue weighted by molar-refractivity contribution is 0.158. The average molecular weight is 547 g/mol. The first-order valence-electron chi connectivity index (χ1n) is 17.7. The van der Waals surface area contributed by atoms with E-state index < -0.39 is 0 Å². The molecular weight excluding hydrogens is 476 g/mol. The minimum absolute atomic E-state index is 0.160. The molecule has 1 unspecified atom stereocenters. The molecule has 39 heavy (non-hydrogen) atoms. The molecule has 0 aromatic rings. The van der Waals surface area contributed by atoms with Crippen LogP contribution in [0.1, 0.15) is 187 Å². The molecule has 0 spiro atoms. The van der Waals surface area contributed by atoms with Crippen LogP contribution in [0.3, 0.4) is 0 Å². The van der Waals surface area contributed by atoms with E-state index in [1.807, 2.05) is 6.08 Å². The number of rotatable bonds is 28. The van der Waals surface area contributed by atoms with E-state index in [1.165, 1.54) is 159 Å². The van der Waals surface area contributed by atoms with E-state index in [0.717, 1.165) is 38.6 Å². The number of allylic oxidation sites excluding steroid dienone is 1. The predicted molar refractivity (Wildman–Crippen MR) is 174 cm³/mol. The smallest absolute Gasteiger partial charge is 0.0594 e. The Bertz CT molecular complexity index is 572. The van der Waals surface area contributed by atoms with Gasteiger partial charge in [-0.2, -0.15) is 0 Å². The molecule has 2 atom stereocenters. The topological polar surface area (TPSA) is 58.3 Å². The zero-order valence-electron chi connectivity index (χ0n) is 26.5. The van der Waals surface area contributed by atoms with E-state index in [1.54, 1.807) is 0 Å². The van der Waals surface area contributed by atoms with Gasteiger partial charge in [-0.1, -0.05) is 141 Å². The van der Waals surface area contributed by atoms with Crippen molar-refractivity contribution < 1.29 is 5.11 Å². The lowest BCUT2D eigenvalue weighted by Crippen LogP contribution is -2.28. The lowest BCUT2D eigenvalue weighted by Gasteiger charge is -2.22.